The van der Waals surface area contributed by atoms with Crippen molar-refractivity contribution in [2.75, 3.05) is 19.8 Å². The molecule has 1 N–H and O–H groups in total. The van der Waals surface area contributed by atoms with Gasteiger partial charge >= 0.3 is 6.18 Å². The molecule has 112 valence electrons. The molecule has 1 aromatic rings. The van der Waals surface area contributed by atoms with Crippen molar-refractivity contribution in [3.8, 4) is 0 Å². The van der Waals surface area contributed by atoms with Gasteiger partial charge in [0.1, 0.15) is 0 Å². The molecule has 0 bridgehead atoms. The Balaban J connectivity index is 2.51. The summed E-state index contributed by atoms with van der Waals surface area (Å²) in [6, 6.07) is 5.24. The summed E-state index contributed by atoms with van der Waals surface area (Å²) < 4.78 is 43.9. The van der Waals surface area contributed by atoms with Crippen LogP contribution in [0.15, 0.2) is 36.9 Å². The lowest BCUT2D eigenvalue weighted by atomic mass is 10.0. The van der Waals surface area contributed by atoms with Crippen molar-refractivity contribution < 1.29 is 17.9 Å². The fourth-order valence-corrected chi connectivity index (χ4v) is 1.86. The number of halogens is 3. The highest BCUT2D eigenvalue weighted by atomic mass is 19.4. The molecule has 1 unspecified atom stereocenters. The highest BCUT2D eigenvalue weighted by molar-refractivity contribution is 5.31. The molecule has 5 heteroatoms. The molecule has 2 nitrogen and oxygen atoms in total. The molecular weight excluding hydrogens is 267 g/mol. The Morgan fingerprint density at radius 3 is 2.65 bits per heavy atom. The first-order chi connectivity index (χ1) is 9.46. The van der Waals surface area contributed by atoms with Crippen LogP contribution < -0.4 is 5.32 Å². The zero-order chi connectivity index (χ0) is 15.0. The Morgan fingerprint density at radius 2 is 2.00 bits per heavy atom. The van der Waals surface area contributed by atoms with Gasteiger partial charge in [0.25, 0.3) is 0 Å². The van der Waals surface area contributed by atoms with E-state index in [0.29, 0.717) is 19.8 Å². The maximum atomic E-state index is 12.9. The topological polar surface area (TPSA) is 21.3 Å². The number of benzene rings is 1. The normalized spacial score (nSPS) is 13.2. The van der Waals surface area contributed by atoms with Crippen LogP contribution in [0, 0.1) is 0 Å². The van der Waals surface area contributed by atoms with Gasteiger partial charge in [0.15, 0.2) is 0 Å². The van der Waals surface area contributed by atoms with Crippen molar-refractivity contribution in [3.05, 3.63) is 48.0 Å². The second kappa shape index (κ2) is 8.07. The Hall–Kier alpha value is -1.33. The van der Waals surface area contributed by atoms with Crippen molar-refractivity contribution in [1.29, 1.82) is 0 Å². The van der Waals surface area contributed by atoms with E-state index < -0.39 is 11.7 Å². The Morgan fingerprint density at radius 1 is 1.30 bits per heavy atom. The minimum absolute atomic E-state index is 0.256. The fourth-order valence-electron chi connectivity index (χ4n) is 1.86. The predicted molar refractivity (Wildman–Crippen MR) is 73.5 cm³/mol. The largest absolute Gasteiger partial charge is 0.416 e. The molecule has 0 aliphatic rings. The van der Waals surface area contributed by atoms with E-state index in [-0.39, 0.29) is 11.6 Å². The third-order valence-electron chi connectivity index (χ3n) is 2.90. The van der Waals surface area contributed by atoms with E-state index in [9.17, 15) is 13.2 Å². The van der Waals surface area contributed by atoms with Gasteiger partial charge in [-0.05, 0) is 25.0 Å². The lowest BCUT2D eigenvalue weighted by Crippen LogP contribution is -2.25. The number of rotatable bonds is 8. The summed E-state index contributed by atoms with van der Waals surface area (Å²) >= 11 is 0. The van der Waals surface area contributed by atoms with Gasteiger partial charge in [0, 0.05) is 12.6 Å². The van der Waals surface area contributed by atoms with Crippen molar-refractivity contribution in [2.45, 2.75) is 25.6 Å². The van der Waals surface area contributed by atoms with Crippen molar-refractivity contribution in [1.82, 2.24) is 5.32 Å². The molecule has 0 heterocycles. The van der Waals surface area contributed by atoms with Gasteiger partial charge in [-0.25, -0.2) is 0 Å². The molecule has 0 spiro atoms. The first kappa shape index (κ1) is 16.7. The average molecular weight is 287 g/mol. The number of alkyl halides is 3. The Kier molecular flexibility index (Phi) is 6.75. The minimum atomic E-state index is -4.33. The van der Waals surface area contributed by atoms with Crippen molar-refractivity contribution in [2.24, 2.45) is 0 Å². The summed E-state index contributed by atoms with van der Waals surface area (Å²) in [6.45, 7) is 6.84. The molecule has 0 aliphatic carbocycles. The number of ether oxygens (including phenoxy) is 1. The van der Waals surface area contributed by atoms with Crippen molar-refractivity contribution in [3.63, 3.8) is 0 Å². The lowest BCUT2D eigenvalue weighted by Gasteiger charge is -2.19. The van der Waals surface area contributed by atoms with Crippen molar-refractivity contribution >= 4 is 0 Å². The predicted octanol–water partition coefficient (Wildman–Crippen LogP) is 3.95. The van der Waals surface area contributed by atoms with Crippen LogP contribution in [0.5, 0.6) is 0 Å². The summed E-state index contributed by atoms with van der Waals surface area (Å²) in [5, 5.41) is 3.04. The lowest BCUT2D eigenvalue weighted by molar-refractivity contribution is -0.138. The van der Waals surface area contributed by atoms with Crippen LogP contribution in [-0.2, 0) is 10.9 Å². The third kappa shape index (κ3) is 5.35. The highest BCUT2D eigenvalue weighted by Crippen LogP contribution is 2.34. The van der Waals surface area contributed by atoms with Gasteiger partial charge in [-0.1, -0.05) is 24.3 Å². The van der Waals surface area contributed by atoms with Crippen LogP contribution in [0.1, 0.15) is 30.5 Å². The quantitative estimate of drug-likeness (QED) is 0.577. The standard InChI is InChI=1S/C15H20F3NO/c1-3-4-10-20-11-9-19-12(2)13-7-5-6-8-14(13)15(16,17)18/h3,5-8,12,19H,1,4,9-11H2,2H3. The molecule has 20 heavy (non-hydrogen) atoms. The first-order valence-corrected chi connectivity index (χ1v) is 6.55. The molecule has 0 fully saturated rings. The molecule has 0 amide bonds. The molecule has 0 aliphatic heterocycles. The Labute approximate surface area is 117 Å². The van der Waals surface area contributed by atoms with Gasteiger partial charge in [-0.2, -0.15) is 13.2 Å². The molecule has 1 atom stereocenters. The van der Waals surface area contributed by atoms with Crippen LogP contribution in [0.25, 0.3) is 0 Å². The Bertz CT molecular complexity index is 418. The monoisotopic (exact) mass is 287 g/mol. The molecule has 0 saturated carbocycles. The number of nitrogens with one attached hydrogen (secondary N) is 1. The second-order valence-electron chi connectivity index (χ2n) is 4.45. The highest BCUT2D eigenvalue weighted by Gasteiger charge is 2.33. The average Bonchev–Trinajstić information content (AvgIpc) is 2.41. The first-order valence-electron chi connectivity index (χ1n) is 6.55. The molecular formula is C15H20F3NO. The van der Waals surface area contributed by atoms with Gasteiger partial charge < -0.3 is 10.1 Å². The summed E-state index contributed by atoms with van der Waals surface area (Å²) in [5.74, 6) is 0. The molecule has 1 rings (SSSR count). The van der Waals surface area contributed by atoms with E-state index in [1.165, 1.54) is 12.1 Å². The summed E-state index contributed by atoms with van der Waals surface area (Å²) in [7, 11) is 0. The minimum Gasteiger partial charge on any atom is -0.380 e. The number of hydrogen-bond acceptors (Lipinski definition) is 2. The smallest absolute Gasteiger partial charge is 0.380 e. The third-order valence-corrected chi connectivity index (χ3v) is 2.90. The van der Waals surface area contributed by atoms with Gasteiger partial charge in [0.2, 0.25) is 0 Å². The van der Waals surface area contributed by atoms with Crippen LogP contribution in [0.3, 0.4) is 0 Å². The summed E-state index contributed by atoms with van der Waals surface area (Å²) in [5.41, 5.74) is -0.335. The molecule has 1 aromatic carbocycles. The SMILES string of the molecule is C=CCCOCCNC(C)c1ccccc1C(F)(F)F. The van der Waals surface area contributed by atoms with E-state index in [1.54, 1.807) is 19.1 Å². The zero-order valence-corrected chi connectivity index (χ0v) is 11.5. The molecule has 0 radical (unpaired) electrons. The maximum Gasteiger partial charge on any atom is 0.416 e. The number of hydrogen-bond donors (Lipinski definition) is 1. The fraction of sp³-hybridized carbons (Fsp3) is 0.467. The van der Waals surface area contributed by atoms with E-state index in [4.69, 9.17) is 4.74 Å². The van der Waals surface area contributed by atoms with Gasteiger partial charge in [-0.3, -0.25) is 0 Å². The van der Waals surface area contributed by atoms with Crippen LogP contribution in [0.4, 0.5) is 13.2 Å². The molecule has 0 saturated heterocycles. The van der Waals surface area contributed by atoms with Crippen LogP contribution in [0.2, 0.25) is 0 Å². The second-order valence-corrected chi connectivity index (χ2v) is 4.45. The van der Waals surface area contributed by atoms with E-state index in [1.807, 2.05) is 0 Å². The van der Waals surface area contributed by atoms with Gasteiger partial charge in [0.05, 0.1) is 18.8 Å². The van der Waals surface area contributed by atoms with Gasteiger partial charge in [-0.15, -0.1) is 6.58 Å². The van der Waals surface area contributed by atoms with E-state index in [2.05, 4.69) is 11.9 Å². The zero-order valence-electron chi connectivity index (χ0n) is 11.5. The molecule has 0 aromatic heterocycles. The summed E-state index contributed by atoms with van der Waals surface area (Å²) in [4.78, 5) is 0. The summed E-state index contributed by atoms with van der Waals surface area (Å²) in [6.07, 6.45) is -1.80. The van der Waals surface area contributed by atoms with E-state index >= 15 is 0 Å². The van der Waals surface area contributed by atoms with Crippen LogP contribution in [-0.4, -0.2) is 19.8 Å². The maximum absolute atomic E-state index is 12.9. The van der Waals surface area contributed by atoms with Crippen LogP contribution >= 0.6 is 0 Å². The van der Waals surface area contributed by atoms with E-state index in [0.717, 1.165) is 12.5 Å².